The first-order chi connectivity index (χ1) is 15.9. The largest absolute Gasteiger partial charge is 0.480 e. The summed E-state index contributed by atoms with van der Waals surface area (Å²) in [5, 5.41) is 15.8. The Kier molecular flexibility index (Phi) is 11.5. The number of aromatic nitrogens is 1. The van der Waals surface area contributed by atoms with Crippen LogP contribution in [0, 0.1) is 5.92 Å². The van der Waals surface area contributed by atoms with Gasteiger partial charge in [-0.25, -0.2) is 4.98 Å². The van der Waals surface area contributed by atoms with Gasteiger partial charge in [-0.15, -0.1) is 36.2 Å². The number of carbonyl (C=O) groups excluding carboxylic acids is 2. The molecule has 5 N–H and O–H groups in total. The summed E-state index contributed by atoms with van der Waals surface area (Å²) in [6.45, 7) is 0.281. The number of nitrogen functional groups attached to an aromatic ring is 1. The summed E-state index contributed by atoms with van der Waals surface area (Å²) >= 11 is 1.48. The van der Waals surface area contributed by atoms with Crippen LogP contribution in [-0.4, -0.2) is 64.0 Å². The standard InChI is InChI=1S/C23H35N5O4S.2ClH/c24-23-27-16-9-8-15(12-19(16)33-23)26-21(31)18-7-4-10-28(18)22(32)17(25-13-20(29)30)11-14-5-2-1-3-6-14;;/h14-15,17-18,25H,1-13H2,(H2,24,27)(H,26,31)(H,29,30);2*1H/t15?,17-,18+;;/m1../s1. The van der Waals surface area contributed by atoms with Gasteiger partial charge in [0.2, 0.25) is 11.8 Å². The second-order valence-electron chi connectivity index (χ2n) is 9.63. The predicted octanol–water partition coefficient (Wildman–Crippen LogP) is 2.55. The third kappa shape index (κ3) is 7.68. The second kappa shape index (κ2) is 13.6. The molecule has 12 heteroatoms. The molecule has 2 aliphatic carbocycles. The van der Waals surface area contributed by atoms with E-state index >= 15 is 0 Å². The minimum absolute atomic E-state index is 0. The highest BCUT2D eigenvalue weighted by atomic mass is 35.5. The Balaban J connectivity index is 0.00000216. The number of carbonyl (C=O) groups is 3. The average Bonchev–Trinajstić information content (AvgIpc) is 3.42. The SMILES string of the molecule is Cl.Cl.Nc1nc2c(s1)CC(NC(=O)[C@@H]1CCCN1C(=O)[C@@H](CC1CCCCC1)NCC(=O)O)CC2. The van der Waals surface area contributed by atoms with Crippen molar-refractivity contribution in [3.8, 4) is 0 Å². The van der Waals surface area contributed by atoms with Gasteiger partial charge in [0.05, 0.1) is 18.3 Å². The smallest absolute Gasteiger partial charge is 0.317 e. The van der Waals surface area contributed by atoms with Gasteiger partial charge in [0.25, 0.3) is 0 Å². The molecule has 9 nitrogen and oxygen atoms in total. The maximum absolute atomic E-state index is 13.5. The molecule has 1 aromatic rings. The van der Waals surface area contributed by atoms with Crippen molar-refractivity contribution in [3.05, 3.63) is 10.6 Å². The van der Waals surface area contributed by atoms with Crippen LogP contribution in [0.2, 0.25) is 0 Å². The lowest BCUT2D eigenvalue weighted by molar-refractivity contribution is -0.141. The number of aliphatic carboxylic acids is 1. The number of anilines is 1. The number of likely N-dealkylation sites (tertiary alicyclic amines) is 1. The topological polar surface area (TPSA) is 138 Å². The summed E-state index contributed by atoms with van der Waals surface area (Å²) in [5.74, 6) is -0.804. The molecule has 35 heavy (non-hydrogen) atoms. The van der Waals surface area contributed by atoms with Gasteiger partial charge in [-0.05, 0) is 38.0 Å². The molecule has 1 saturated carbocycles. The maximum Gasteiger partial charge on any atom is 0.317 e. The van der Waals surface area contributed by atoms with Crippen molar-refractivity contribution in [2.75, 3.05) is 18.8 Å². The fourth-order valence-corrected chi connectivity index (χ4v) is 6.52. The van der Waals surface area contributed by atoms with Crippen molar-refractivity contribution in [1.29, 1.82) is 0 Å². The minimum atomic E-state index is -0.979. The van der Waals surface area contributed by atoms with Crippen molar-refractivity contribution in [2.45, 2.75) is 88.8 Å². The highest BCUT2D eigenvalue weighted by Gasteiger charge is 2.39. The number of rotatable bonds is 8. The summed E-state index contributed by atoms with van der Waals surface area (Å²) in [5.41, 5.74) is 6.87. The molecule has 1 unspecified atom stereocenters. The van der Waals surface area contributed by atoms with E-state index in [1.165, 1.54) is 17.8 Å². The summed E-state index contributed by atoms with van der Waals surface area (Å²) in [4.78, 5) is 45.0. The van der Waals surface area contributed by atoms with E-state index in [1.807, 2.05) is 0 Å². The van der Waals surface area contributed by atoms with Crippen LogP contribution in [0.4, 0.5) is 5.13 Å². The van der Waals surface area contributed by atoms with Gasteiger partial charge in [-0.1, -0.05) is 32.1 Å². The molecular weight excluding hydrogens is 513 g/mol. The molecule has 0 radical (unpaired) electrons. The van der Waals surface area contributed by atoms with Gasteiger partial charge in [0, 0.05) is 23.9 Å². The number of halogens is 2. The van der Waals surface area contributed by atoms with Gasteiger partial charge in [0.1, 0.15) is 6.04 Å². The molecule has 2 heterocycles. The molecule has 1 aromatic heterocycles. The normalized spacial score (nSPS) is 22.9. The Morgan fingerprint density at radius 2 is 1.86 bits per heavy atom. The predicted molar refractivity (Wildman–Crippen MR) is 140 cm³/mol. The minimum Gasteiger partial charge on any atom is -0.480 e. The molecule has 1 aliphatic heterocycles. The number of carboxylic acids is 1. The number of aryl methyl sites for hydroxylation is 1. The molecule has 3 aliphatic rings. The molecular formula is C23H37Cl2N5O4S. The van der Waals surface area contributed by atoms with E-state index in [4.69, 9.17) is 10.8 Å². The Bertz CT molecular complexity index is 880. The number of nitrogens with one attached hydrogen (secondary N) is 2. The lowest BCUT2D eigenvalue weighted by atomic mass is 9.84. The first-order valence-electron chi connectivity index (χ1n) is 12.2. The Labute approximate surface area is 222 Å². The summed E-state index contributed by atoms with van der Waals surface area (Å²) < 4.78 is 0. The zero-order valence-corrected chi connectivity index (χ0v) is 22.3. The average molecular weight is 551 g/mol. The van der Waals surface area contributed by atoms with Crippen molar-refractivity contribution >= 4 is 59.1 Å². The fraction of sp³-hybridized carbons (Fsp3) is 0.739. The van der Waals surface area contributed by atoms with E-state index in [2.05, 4.69) is 15.6 Å². The van der Waals surface area contributed by atoms with Crippen LogP contribution in [0.3, 0.4) is 0 Å². The number of amides is 2. The van der Waals surface area contributed by atoms with E-state index < -0.39 is 18.1 Å². The lowest BCUT2D eigenvalue weighted by Crippen LogP contribution is -2.55. The van der Waals surface area contributed by atoms with Gasteiger partial charge in [0.15, 0.2) is 5.13 Å². The summed E-state index contributed by atoms with van der Waals surface area (Å²) in [6, 6.07) is -1.04. The van der Waals surface area contributed by atoms with Crippen LogP contribution >= 0.6 is 36.2 Å². The van der Waals surface area contributed by atoms with Crippen LogP contribution in [0.15, 0.2) is 0 Å². The third-order valence-corrected chi connectivity index (χ3v) is 8.18. The highest BCUT2D eigenvalue weighted by Crippen LogP contribution is 2.30. The number of hydrogen-bond donors (Lipinski definition) is 4. The van der Waals surface area contributed by atoms with Crippen LogP contribution in [0.25, 0.3) is 0 Å². The Hall–Kier alpha value is -1.62. The number of nitrogens with two attached hydrogens (primary N) is 1. The molecule has 198 valence electrons. The van der Waals surface area contributed by atoms with Crippen molar-refractivity contribution in [2.24, 2.45) is 5.92 Å². The summed E-state index contributed by atoms with van der Waals surface area (Å²) in [6.07, 6.45) is 10.1. The quantitative estimate of drug-likeness (QED) is 0.390. The monoisotopic (exact) mass is 549 g/mol. The van der Waals surface area contributed by atoms with Crippen molar-refractivity contribution in [3.63, 3.8) is 0 Å². The number of fused-ring (bicyclic) bond motifs is 1. The Morgan fingerprint density at radius 1 is 1.11 bits per heavy atom. The molecule has 0 aromatic carbocycles. The molecule has 3 atom stereocenters. The fourth-order valence-electron chi connectivity index (χ4n) is 5.56. The molecule has 0 bridgehead atoms. The Morgan fingerprint density at radius 3 is 2.57 bits per heavy atom. The number of nitrogens with zero attached hydrogens (tertiary/aromatic N) is 2. The van der Waals surface area contributed by atoms with Crippen molar-refractivity contribution in [1.82, 2.24) is 20.5 Å². The third-order valence-electron chi connectivity index (χ3n) is 7.23. The van der Waals surface area contributed by atoms with E-state index in [-0.39, 0.29) is 49.2 Å². The highest BCUT2D eigenvalue weighted by molar-refractivity contribution is 7.15. The van der Waals surface area contributed by atoms with Gasteiger partial charge in [-0.2, -0.15) is 0 Å². The van der Waals surface area contributed by atoms with Crippen molar-refractivity contribution < 1.29 is 19.5 Å². The van der Waals surface area contributed by atoms with Gasteiger partial charge < -0.3 is 21.1 Å². The van der Waals surface area contributed by atoms with Crippen LogP contribution in [-0.2, 0) is 27.2 Å². The van der Waals surface area contributed by atoms with E-state index in [9.17, 15) is 14.4 Å². The van der Waals surface area contributed by atoms with Gasteiger partial charge >= 0.3 is 5.97 Å². The zero-order chi connectivity index (χ0) is 23.4. The maximum atomic E-state index is 13.5. The molecule has 2 fully saturated rings. The van der Waals surface area contributed by atoms with E-state index in [1.54, 1.807) is 4.90 Å². The van der Waals surface area contributed by atoms with Crippen LogP contribution in [0.5, 0.6) is 0 Å². The molecule has 4 rings (SSSR count). The van der Waals surface area contributed by atoms with E-state index in [0.29, 0.717) is 30.4 Å². The lowest BCUT2D eigenvalue weighted by Gasteiger charge is -2.32. The molecule has 2 amide bonds. The first-order valence-corrected chi connectivity index (χ1v) is 13.0. The van der Waals surface area contributed by atoms with Gasteiger partial charge in [-0.3, -0.25) is 19.7 Å². The first kappa shape index (κ1) is 29.6. The van der Waals surface area contributed by atoms with E-state index in [0.717, 1.165) is 61.9 Å². The number of hydrogen-bond acceptors (Lipinski definition) is 7. The second-order valence-corrected chi connectivity index (χ2v) is 10.7. The number of carboxylic acid groups (broad SMARTS) is 1. The number of thiazole rings is 1. The molecule has 1 saturated heterocycles. The molecule has 0 spiro atoms. The zero-order valence-electron chi connectivity index (χ0n) is 19.9. The van der Waals surface area contributed by atoms with Crippen LogP contribution < -0.4 is 16.4 Å². The summed E-state index contributed by atoms with van der Waals surface area (Å²) in [7, 11) is 0. The van der Waals surface area contributed by atoms with Crippen LogP contribution in [0.1, 0.15) is 68.4 Å².